The van der Waals surface area contributed by atoms with Gasteiger partial charge in [0.15, 0.2) is 5.76 Å². The van der Waals surface area contributed by atoms with E-state index >= 15 is 0 Å². The number of hydrogen-bond donors (Lipinski definition) is 2. The van der Waals surface area contributed by atoms with Crippen LogP contribution in [0.1, 0.15) is 39.2 Å². The maximum absolute atomic E-state index is 12.1. The number of carbonyl (C=O) groups excluding carboxylic acids is 2. The van der Waals surface area contributed by atoms with Gasteiger partial charge in [0.2, 0.25) is 0 Å². The number of pyridine rings is 1. The summed E-state index contributed by atoms with van der Waals surface area (Å²) in [5, 5.41) is 0. The predicted octanol–water partition coefficient (Wildman–Crippen LogP) is 2.13. The van der Waals surface area contributed by atoms with E-state index in [1.54, 1.807) is 36.5 Å². The molecule has 7 heteroatoms. The van der Waals surface area contributed by atoms with Crippen LogP contribution in [0.4, 0.5) is 0 Å². The molecule has 3 rings (SSSR count). The summed E-state index contributed by atoms with van der Waals surface area (Å²) in [6.07, 6.45) is 2.52. The Labute approximate surface area is 155 Å². The van der Waals surface area contributed by atoms with E-state index in [0.29, 0.717) is 11.3 Å². The lowest BCUT2D eigenvalue weighted by atomic mass is 10.1. The third-order valence-corrected chi connectivity index (χ3v) is 4.02. The molecule has 0 atom stereocenters. The Hall–Kier alpha value is -3.61. The number of rotatable bonds is 5. The van der Waals surface area contributed by atoms with Gasteiger partial charge in [-0.1, -0.05) is 25.1 Å². The number of hydrazine groups is 1. The molecule has 7 nitrogen and oxygen atoms in total. The zero-order valence-electron chi connectivity index (χ0n) is 14.8. The highest BCUT2D eigenvalue weighted by atomic mass is 16.4. The summed E-state index contributed by atoms with van der Waals surface area (Å²) in [6.45, 7) is 2.24. The maximum Gasteiger partial charge on any atom is 0.305 e. The molecule has 0 radical (unpaired) electrons. The van der Waals surface area contributed by atoms with Crippen LogP contribution < -0.4 is 16.4 Å². The van der Waals surface area contributed by atoms with E-state index < -0.39 is 11.8 Å². The number of carbonyl (C=O) groups is 2. The van der Waals surface area contributed by atoms with Gasteiger partial charge in [-0.3, -0.25) is 25.2 Å². The number of benzene rings is 1. The zero-order chi connectivity index (χ0) is 19.2. The van der Waals surface area contributed by atoms with Gasteiger partial charge < -0.3 is 8.98 Å². The SMILES string of the molecule is CCc1ccc(C(=O)NNC(=O)c2ccc(Cn3ccccc3=O)o2)cc1. The van der Waals surface area contributed by atoms with Crippen LogP contribution in [-0.4, -0.2) is 16.4 Å². The molecule has 0 bridgehead atoms. The van der Waals surface area contributed by atoms with E-state index in [9.17, 15) is 14.4 Å². The number of aromatic nitrogens is 1. The van der Waals surface area contributed by atoms with Crippen LogP contribution in [0, 0.1) is 0 Å². The second-order valence-electron chi connectivity index (χ2n) is 5.89. The lowest BCUT2D eigenvalue weighted by molar-refractivity contribution is 0.0829. The Morgan fingerprint density at radius 3 is 2.41 bits per heavy atom. The van der Waals surface area contributed by atoms with Crippen LogP contribution in [0.2, 0.25) is 0 Å². The van der Waals surface area contributed by atoms with E-state index in [1.165, 1.54) is 16.7 Å². The van der Waals surface area contributed by atoms with Crippen molar-refractivity contribution in [2.24, 2.45) is 0 Å². The van der Waals surface area contributed by atoms with E-state index in [1.807, 2.05) is 19.1 Å². The Kier molecular flexibility index (Phi) is 5.51. The van der Waals surface area contributed by atoms with Gasteiger partial charge in [-0.25, -0.2) is 0 Å². The van der Waals surface area contributed by atoms with Crippen molar-refractivity contribution >= 4 is 11.8 Å². The second kappa shape index (κ2) is 8.18. The Bertz CT molecular complexity index is 1000. The van der Waals surface area contributed by atoms with Crippen molar-refractivity contribution in [3.63, 3.8) is 0 Å². The van der Waals surface area contributed by atoms with E-state index in [4.69, 9.17) is 4.42 Å². The van der Waals surface area contributed by atoms with Crippen LogP contribution in [0.25, 0.3) is 0 Å². The molecule has 0 saturated heterocycles. The Morgan fingerprint density at radius 2 is 1.70 bits per heavy atom. The highest BCUT2D eigenvalue weighted by Gasteiger charge is 2.13. The molecule has 0 saturated carbocycles. The maximum atomic E-state index is 12.1. The molecule has 3 aromatic rings. The summed E-state index contributed by atoms with van der Waals surface area (Å²) in [4.78, 5) is 35.9. The topological polar surface area (TPSA) is 93.3 Å². The molecule has 138 valence electrons. The summed E-state index contributed by atoms with van der Waals surface area (Å²) >= 11 is 0. The van der Waals surface area contributed by atoms with Gasteiger partial charge in [-0.15, -0.1) is 0 Å². The molecular formula is C20H19N3O4. The number of nitrogens with one attached hydrogen (secondary N) is 2. The number of amides is 2. The first kappa shape index (κ1) is 18.2. The molecule has 0 aliphatic rings. The second-order valence-corrected chi connectivity index (χ2v) is 5.89. The highest BCUT2D eigenvalue weighted by molar-refractivity contribution is 5.97. The summed E-state index contributed by atoms with van der Waals surface area (Å²) < 4.78 is 6.91. The Balaban J connectivity index is 1.58. The summed E-state index contributed by atoms with van der Waals surface area (Å²) in [5.74, 6) is -0.514. The largest absolute Gasteiger partial charge is 0.454 e. The lowest BCUT2D eigenvalue weighted by Crippen LogP contribution is -2.41. The molecule has 2 N–H and O–H groups in total. The lowest BCUT2D eigenvalue weighted by Gasteiger charge is -2.06. The first-order valence-corrected chi connectivity index (χ1v) is 8.50. The van der Waals surface area contributed by atoms with E-state index in [-0.39, 0.29) is 17.9 Å². The van der Waals surface area contributed by atoms with Gasteiger partial charge >= 0.3 is 5.91 Å². The van der Waals surface area contributed by atoms with Gasteiger partial charge in [0.25, 0.3) is 11.5 Å². The molecule has 0 spiro atoms. The standard InChI is InChI=1S/C20H19N3O4/c1-2-14-6-8-15(9-7-14)19(25)21-22-20(26)17-11-10-16(27-17)13-23-12-4-3-5-18(23)24/h3-12H,2,13H2,1H3,(H,21,25)(H,22,26). The smallest absolute Gasteiger partial charge is 0.305 e. The molecular weight excluding hydrogens is 346 g/mol. The highest BCUT2D eigenvalue weighted by Crippen LogP contribution is 2.09. The van der Waals surface area contributed by atoms with Crippen molar-refractivity contribution in [1.82, 2.24) is 15.4 Å². The fourth-order valence-corrected chi connectivity index (χ4v) is 2.48. The quantitative estimate of drug-likeness (QED) is 0.678. The van der Waals surface area contributed by atoms with Crippen LogP contribution in [0.5, 0.6) is 0 Å². The molecule has 27 heavy (non-hydrogen) atoms. The monoisotopic (exact) mass is 365 g/mol. The normalized spacial score (nSPS) is 10.4. The number of nitrogens with zero attached hydrogens (tertiary/aromatic N) is 1. The molecule has 0 unspecified atom stereocenters. The van der Waals surface area contributed by atoms with Crippen molar-refractivity contribution < 1.29 is 14.0 Å². The van der Waals surface area contributed by atoms with Crippen molar-refractivity contribution in [1.29, 1.82) is 0 Å². The third-order valence-electron chi connectivity index (χ3n) is 4.02. The van der Waals surface area contributed by atoms with Crippen LogP contribution in [-0.2, 0) is 13.0 Å². The minimum Gasteiger partial charge on any atom is -0.454 e. The van der Waals surface area contributed by atoms with Gasteiger partial charge in [0.05, 0.1) is 6.54 Å². The van der Waals surface area contributed by atoms with Crippen molar-refractivity contribution in [2.75, 3.05) is 0 Å². The first-order valence-electron chi connectivity index (χ1n) is 8.50. The summed E-state index contributed by atoms with van der Waals surface area (Å²) in [7, 11) is 0. The molecule has 0 aliphatic carbocycles. The molecule has 2 aromatic heterocycles. The third kappa shape index (κ3) is 4.52. The minimum absolute atomic E-state index is 0.0376. The van der Waals surface area contributed by atoms with Gasteiger partial charge in [0, 0.05) is 17.8 Å². The van der Waals surface area contributed by atoms with Crippen molar-refractivity contribution in [3.8, 4) is 0 Å². The number of furan rings is 1. The molecule has 0 fully saturated rings. The van der Waals surface area contributed by atoms with E-state index in [0.717, 1.165) is 12.0 Å². The van der Waals surface area contributed by atoms with Crippen molar-refractivity contribution in [2.45, 2.75) is 19.9 Å². The minimum atomic E-state index is -0.583. The fourth-order valence-electron chi connectivity index (χ4n) is 2.48. The predicted molar refractivity (Wildman–Crippen MR) is 99.3 cm³/mol. The van der Waals surface area contributed by atoms with Crippen LogP contribution >= 0.6 is 0 Å². The first-order chi connectivity index (χ1) is 13.1. The summed E-state index contributed by atoms with van der Waals surface area (Å²) in [5.41, 5.74) is 6.06. The van der Waals surface area contributed by atoms with Gasteiger partial charge in [-0.05, 0) is 42.3 Å². The Morgan fingerprint density at radius 1 is 0.963 bits per heavy atom. The van der Waals surface area contributed by atoms with Crippen LogP contribution in [0.15, 0.2) is 70.0 Å². The number of aryl methyl sites for hydroxylation is 1. The molecule has 2 heterocycles. The van der Waals surface area contributed by atoms with Crippen LogP contribution in [0.3, 0.4) is 0 Å². The van der Waals surface area contributed by atoms with E-state index in [2.05, 4.69) is 10.9 Å². The molecule has 0 aliphatic heterocycles. The average Bonchev–Trinajstić information content (AvgIpc) is 3.16. The zero-order valence-corrected chi connectivity index (χ0v) is 14.8. The fraction of sp³-hybridized carbons (Fsp3) is 0.150. The summed E-state index contributed by atoms with van der Waals surface area (Å²) in [6, 6.07) is 15.0. The number of hydrogen-bond acceptors (Lipinski definition) is 4. The molecule has 1 aromatic carbocycles. The van der Waals surface area contributed by atoms with Crippen molar-refractivity contribution in [3.05, 3.63) is 93.8 Å². The molecule has 2 amide bonds. The van der Waals surface area contributed by atoms with Gasteiger partial charge in [0.1, 0.15) is 5.76 Å². The van der Waals surface area contributed by atoms with Gasteiger partial charge in [-0.2, -0.15) is 0 Å². The average molecular weight is 365 g/mol.